The van der Waals surface area contributed by atoms with Crippen molar-refractivity contribution in [2.45, 2.75) is 37.6 Å². The van der Waals surface area contributed by atoms with Crippen molar-refractivity contribution in [2.24, 2.45) is 0 Å². The lowest BCUT2D eigenvalue weighted by Crippen LogP contribution is -2.61. The van der Waals surface area contributed by atoms with Crippen LogP contribution >= 0.6 is 12.2 Å². The van der Waals surface area contributed by atoms with Crippen LogP contribution in [0.25, 0.3) is 0 Å². The molecule has 1 fully saturated rings. The predicted molar refractivity (Wildman–Crippen MR) is 104 cm³/mol. The highest BCUT2D eigenvalue weighted by Crippen LogP contribution is 2.26. The van der Waals surface area contributed by atoms with Gasteiger partial charge in [0.05, 0.1) is 6.61 Å². The average molecular weight is 406 g/mol. The Morgan fingerprint density at radius 3 is 2.32 bits per heavy atom. The summed E-state index contributed by atoms with van der Waals surface area (Å²) in [5.41, 5.74) is 1.06. The van der Waals surface area contributed by atoms with Crippen molar-refractivity contribution < 1.29 is 34.3 Å². The van der Waals surface area contributed by atoms with Gasteiger partial charge in [-0.05, 0) is 31.2 Å². The fourth-order valence-corrected chi connectivity index (χ4v) is 2.97. The van der Waals surface area contributed by atoms with Gasteiger partial charge in [0, 0.05) is 12.2 Å². The molecule has 8 heteroatoms. The summed E-state index contributed by atoms with van der Waals surface area (Å²) in [6.07, 6.45) is -6.12. The first-order chi connectivity index (χ1) is 13.5. The molecule has 2 aromatic carbocycles. The van der Waals surface area contributed by atoms with Gasteiger partial charge < -0.3 is 34.3 Å². The van der Waals surface area contributed by atoms with Crippen molar-refractivity contribution in [2.75, 3.05) is 6.61 Å². The van der Waals surface area contributed by atoms with E-state index in [4.69, 9.17) is 31.2 Å². The topological polar surface area (TPSA) is 97.6 Å². The van der Waals surface area contributed by atoms with Crippen LogP contribution in [0.5, 0.6) is 11.5 Å². The number of hydrogen-bond donors (Lipinski definition) is 3. The van der Waals surface area contributed by atoms with E-state index >= 15 is 0 Å². The molecule has 0 amide bonds. The normalized spacial score (nSPS) is 27.1. The Labute approximate surface area is 168 Å². The van der Waals surface area contributed by atoms with E-state index in [1.165, 1.54) is 0 Å². The van der Waals surface area contributed by atoms with Crippen LogP contribution in [0, 0.1) is 6.92 Å². The van der Waals surface area contributed by atoms with Gasteiger partial charge in [-0.1, -0.05) is 35.9 Å². The molecule has 2 aromatic rings. The SMILES string of the molecule is Cc1ccc(OC(=S)O[C@H]2[C@@H](O)[C@@H](CO)O[C@H](Oc3ccccc3)[C@@H]2O)cc1. The lowest BCUT2D eigenvalue weighted by atomic mass is 9.99. The minimum absolute atomic E-state index is 0.274. The van der Waals surface area contributed by atoms with E-state index in [0.717, 1.165) is 5.56 Å². The first-order valence-electron chi connectivity index (χ1n) is 8.77. The number of ether oxygens (including phenoxy) is 4. The van der Waals surface area contributed by atoms with Crippen LogP contribution in [0.1, 0.15) is 5.56 Å². The number of benzene rings is 2. The third-order valence-electron chi connectivity index (χ3n) is 4.27. The van der Waals surface area contributed by atoms with E-state index < -0.39 is 37.3 Å². The lowest BCUT2D eigenvalue weighted by Gasteiger charge is -2.41. The molecule has 3 rings (SSSR count). The standard InChI is InChI=1S/C20H22O7S/c1-12-7-9-14(10-8-12)25-20(28)27-18-16(22)15(11-21)26-19(17(18)23)24-13-5-3-2-4-6-13/h2-10,15-19,21-23H,11H2,1H3/t15-,16+,17-,18+,19+/m1/s1. The number of para-hydroxylation sites is 1. The molecule has 0 saturated carbocycles. The van der Waals surface area contributed by atoms with Gasteiger partial charge in [-0.3, -0.25) is 0 Å². The van der Waals surface area contributed by atoms with Crippen molar-refractivity contribution in [1.29, 1.82) is 0 Å². The molecule has 0 aromatic heterocycles. The van der Waals surface area contributed by atoms with Crippen molar-refractivity contribution in [3.63, 3.8) is 0 Å². The number of aryl methyl sites for hydroxylation is 1. The summed E-state index contributed by atoms with van der Waals surface area (Å²) in [5, 5.41) is 30.2. The van der Waals surface area contributed by atoms with Gasteiger partial charge in [-0.15, -0.1) is 0 Å². The highest BCUT2D eigenvalue weighted by Gasteiger charge is 2.47. The Balaban J connectivity index is 1.69. The summed E-state index contributed by atoms with van der Waals surface area (Å²) in [6.45, 7) is 1.45. The fourth-order valence-electron chi connectivity index (χ4n) is 2.76. The summed E-state index contributed by atoms with van der Waals surface area (Å²) < 4.78 is 22.0. The molecular formula is C20H22O7S. The zero-order valence-corrected chi connectivity index (χ0v) is 16.0. The van der Waals surface area contributed by atoms with Gasteiger partial charge in [0.25, 0.3) is 0 Å². The zero-order valence-electron chi connectivity index (χ0n) is 15.2. The van der Waals surface area contributed by atoms with E-state index in [0.29, 0.717) is 11.5 Å². The Morgan fingerprint density at radius 1 is 1.00 bits per heavy atom. The number of thiocarbonyl (C=S) groups is 1. The molecule has 0 radical (unpaired) electrons. The molecule has 0 bridgehead atoms. The number of aliphatic hydroxyl groups is 3. The quantitative estimate of drug-likeness (QED) is 0.644. The first kappa shape index (κ1) is 20.5. The van der Waals surface area contributed by atoms with Crippen LogP contribution in [0.3, 0.4) is 0 Å². The molecule has 0 aliphatic carbocycles. The first-order valence-corrected chi connectivity index (χ1v) is 9.18. The summed E-state index contributed by atoms with van der Waals surface area (Å²) in [7, 11) is 0. The molecule has 0 spiro atoms. The average Bonchev–Trinajstić information content (AvgIpc) is 2.70. The Morgan fingerprint density at radius 2 is 1.68 bits per heavy atom. The molecule has 1 aliphatic heterocycles. The molecule has 1 saturated heterocycles. The van der Waals surface area contributed by atoms with Crippen LogP contribution in [0.15, 0.2) is 54.6 Å². The molecule has 1 aliphatic rings. The summed E-state index contributed by atoms with van der Waals surface area (Å²) >= 11 is 5.09. The van der Waals surface area contributed by atoms with Gasteiger partial charge in [0.1, 0.15) is 23.7 Å². The Hall–Kier alpha value is -2.23. The van der Waals surface area contributed by atoms with Gasteiger partial charge in [0.15, 0.2) is 12.2 Å². The highest BCUT2D eigenvalue weighted by molar-refractivity contribution is 7.79. The molecule has 150 valence electrons. The van der Waals surface area contributed by atoms with Gasteiger partial charge in [-0.25, -0.2) is 0 Å². The molecule has 0 unspecified atom stereocenters. The molecule has 28 heavy (non-hydrogen) atoms. The van der Waals surface area contributed by atoms with Crippen molar-refractivity contribution in [3.05, 3.63) is 60.2 Å². The third kappa shape index (κ3) is 4.98. The Bertz CT molecular complexity index is 768. The molecule has 5 atom stereocenters. The van der Waals surface area contributed by atoms with Crippen molar-refractivity contribution >= 4 is 17.5 Å². The maximum atomic E-state index is 10.6. The maximum absolute atomic E-state index is 10.6. The second-order valence-corrected chi connectivity index (χ2v) is 6.72. The number of rotatable bonds is 5. The van der Waals surface area contributed by atoms with Crippen LogP contribution < -0.4 is 9.47 Å². The fraction of sp³-hybridized carbons (Fsp3) is 0.350. The van der Waals surface area contributed by atoms with Crippen molar-refractivity contribution in [1.82, 2.24) is 0 Å². The van der Waals surface area contributed by atoms with Crippen LogP contribution in [-0.2, 0) is 9.47 Å². The zero-order chi connectivity index (χ0) is 20.1. The van der Waals surface area contributed by atoms with Gasteiger partial charge in [0.2, 0.25) is 6.29 Å². The number of hydrogen-bond acceptors (Lipinski definition) is 8. The summed E-state index contributed by atoms with van der Waals surface area (Å²) in [5.74, 6) is 0.916. The maximum Gasteiger partial charge on any atom is 0.358 e. The minimum atomic E-state index is -1.38. The minimum Gasteiger partial charge on any atom is -0.462 e. The molecule has 7 nitrogen and oxygen atoms in total. The smallest absolute Gasteiger partial charge is 0.358 e. The van der Waals surface area contributed by atoms with Gasteiger partial charge in [-0.2, -0.15) is 0 Å². The van der Waals surface area contributed by atoms with E-state index in [2.05, 4.69) is 0 Å². The third-order valence-corrected chi connectivity index (χ3v) is 4.45. The lowest BCUT2D eigenvalue weighted by molar-refractivity contribution is -0.275. The Kier molecular flexibility index (Phi) is 6.82. The van der Waals surface area contributed by atoms with Crippen LogP contribution in [-0.4, -0.2) is 57.9 Å². The molecule has 3 N–H and O–H groups in total. The van der Waals surface area contributed by atoms with E-state index in [1.807, 2.05) is 25.1 Å². The van der Waals surface area contributed by atoms with E-state index in [1.54, 1.807) is 36.4 Å². The van der Waals surface area contributed by atoms with E-state index in [9.17, 15) is 15.3 Å². The van der Waals surface area contributed by atoms with Crippen LogP contribution in [0.4, 0.5) is 0 Å². The van der Waals surface area contributed by atoms with Crippen molar-refractivity contribution in [3.8, 4) is 11.5 Å². The molecule has 1 heterocycles. The highest BCUT2D eigenvalue weighted by atomic mass is 32.1. The van der Waals surface area contributed by atoms with E-state index in [-0.39, 0.29) is 5.24 Å². The summed E-state index contributed by atoms with van der Waals surface area (Å²) in [4.78, 5) is 0. The second kappa shape index (κ2) is 9.31. The van der Waals surface area contributed by atoms with Crippen LogP contribution in [0.2, 0.25) is 0 Å². The largest absolute Gasteiger partial charge is 0.462 e. The second-order valence-electron chi connectivity index (χ2n) is 6.39. The summed E-state index contributed by atoms with van der Waals surface area (Å²) in [6, 6.07) is 15.9. The predicted octanol–water partition coefficient (Wildman–Crippen LogP) is 1.56. The van der Waals surface area contributed by atoms with Gasteiger partial charge >= 0.3 is 5.24 Å². The number of aliphatic hydroxyl groups excluding tert-OH is 3. The molecular weight excluding hydrogens is 384 g/mol. The monoisotopic (exact) mass is 406 g/mol.